The first-order valence-corrected chi connectivity index (χ1v) is 11.6. The van der Waals surface area contributed by atoms with Crippen LogP contribution in [-0.2, 0) is 16.0 Å². The maximum Gasteiger partial charge on any atom is 0.237 e. The Labute approximate surface area is 173 Å². The highest BCUT2D eigenvalue weighted by Crippen LogP contribution is 2.33. The molecule has 2 heterocycles. The Morgan fingerprint density at radius 2 is 2.00 bits per heavy atom. The van der Waals surface area contributed by atoms with Crippen molar-refractivity contribution < 1.29 is 9.59 Å². The highest BCUT2D eigenvalue weighted by molar-refractivity contribution is 8.01. The summed E-state index contributed by atoms with van der Waals surface area (Å²) in [5.74, 6) is 0.521. The smallest absolute Gasteiger partial charge is 0.237 e. The van der Waals surface area contributed by atoms with Gasteiger partial charge in [0.25, 0.3) is 0 Å². The van der Waals surface area contributed by atoms with Crippen LogP contribution in [0, 0.1) is 5.92 Å². The molecular weight excluding hydrogens is 392 g/mol. The first-order valence-electron chi connectivity index (χ1n) is 9.79. The van der Waals surface area contributed by atoms with Crippen LogP contribution >= 0.6 is 23.1 Å². The number of nitrogens with one attached hydrogen (secondary N) is 1. The molecule has 1 aromatic heterocycles. The summed E-state index contributed by atoms with van der Waals surface area (Å²) in [5.41, 5.74) is 2.23. The second kappa shape index (κ2) is 8.61. The van der Waals surface area contributed by atoms with E-state index in [-0.39, 0.29) is 23.8 Å². The Morgan fingerprint density at radius 3 is 2.82 bits per heavy atom. The fraction of sp³-hybridized carbons (Fsp3) is 0.500. The minimum absolute atomic E-state index is 0.0472. The van der Waals surface area contributed by atoms with Crippen LogP contribution in [0.25, 0.3) is 0 Å². The van der Waals surface area contributed by atoms with Gasteiger partial charge in [-0.15, -0.1) is 10.2 Å². The number of fused-ring (bicyclic) bond motifs is 1. The molecule has 0 bridgehead atoms. The number of aromatic nitrogens is 2. The SMILES string of the molecule is C[C@@H]1Cc2ccccc2N1C(=O)CSc1nnc(NC(=O)C2CCCCC2)s1. The molecule has 0 radical (unpaired) electrons. The average molecular weight is 417 g/mol. The maximum atomic E-state index is 12.8. The molecule has 2 aliphatic rings. The fourth-order valence-electron chi connectivity index (χ4n) is 4.03. The van der Waals surface area contributed by atoms with Gasteiger partial charge in [-0.05, 0) is 37.8 Å². The number of rotatable bonds is 5. The van der Waals surface area contributed by atoms with Gasteiger partial charge in [0.05, 0.1) is 5.75 Å². The van der Waals surface area contributed by atoms with Crippen molar-refractivity contribution in [2.75, 3.05) is 16.0 Å². The third kappa shape index (κ3) is 4.22. The van der Waals surface area contributed by atoms with E-state index in [1.165, 1.54) is 35.1 Å². The summed E-state index contributed by atoms with van der Waals surface area (Å²) in [5, 5.41) is 11.6. The van der Waals surface area contributed by atoms with Crippen LogP contribution in [0.5, 0.6) is 0 Å². The van der Waals surface area contributed by atoms with Crippen LogP contribution < -0.4 is 10.2 Å². The lowest BCUT2D eigenvalue weighted by atomic mass is 9.89. The molecule has 1 saturated carbocycles. The Kier molecular flexibility index (Phi) is 5.96. The molecule has 1 aliphatic carbocycles. The van der Waals surface area contributed by atoms with E-state index < -0.39 is 0 Å². The molecule has 1 atom stereocenters. The number of benzene rings is 1. The zero-order chi connectivity index (χ0) is 19.5. The molecule has 1 N–H and O–H groups in total. The normalized spacial score (nSPS) is 19.5. The highest BCUT2D eigenvalue weighted by atomic mass is 32.2. The van der Waals surface area contributed by atoms with Crippen LogP contribution in [-0.4, -0.2) is 33.8 Å². The minimum Gasteiger partial charge on any atom is -0.308 e. The van der Waals surface area contributed by atoms with Gasteiger partial charge in [-0.1, -0.05) is 60.6 Å². The molecule has 2 aromatic rings. The van der Waals surface area contributed by atoms with Crippen molar-refractivity contribution in [2.45, 2.75) is 55.8 Å². The summed E-state index contributed by atoms with van der Waals surface area (Å²) in [4.78, 5) is 27.0. The molecule has 6 nitrogen and oxygen atoms in total. The number of nitrogens with zero attached hydrogens (tertiary/aromatic N) is 3. The van der Waals surface area contributed by atoms with Crippen LogP contribution in [0.4, 0.5) is 10.8 Å². The van der Waals surface area contributed by atoms with Gasteiger partial charge < -0.3 is 10.2 Å². The Hall–Kier alpha value is -1.93. The fourth-order valence-corrected chi connectivity index (χ4v) is 5.64. The van der Waals surface area contributed by atoms with Crippen LogP contribution in [0.1, 0.15) is 44.6 Å². The number of hydrogen-bond acceptors (Lipinski definition) is 6. The van der Waals surface area contributed by atoms with Crippen molar-refractivity contribution in [3.05, 3.63) is 29.8 Å². The topological polar surface area (TPSA) is 75.2 Å². The summed E-state index contributed by atoms with van der Waals surface area (Å²) >= 11 is 2.71. The van der Waals surface area contributed by atoms with Gasteiger partial charge >= 0.3 is 0 Å². The molecule has 1 aliphatic heterocycles. The predicted molar refractivity (Wildman–Crippen MR) is 113 cm³/mol. The number of amides is 2. The zero-order valence-electron chi connectivity index (χ0n) is 15.9. The van der Waals surface area contributed by atoms with Gasteiger partial charge in [0, 0.05) is 17.6 Å². The third-order valence-electron chi connectivity index (χ3n) is 5.41. The monoisotopic (exact) mass is 416 g/mol. The van der Waals surface area contributed by atoms with E-state index in [0.29, 0.717) is 15.2 Å². The molecule has 2 amide bonds. The number of carbonyl (C=O) groups excluding carboxylic acids is 2. The van der Waals surface area contributed by atoms with Gasteiger partial charge in [0.1, 0.15) is 0 Å². The third-order valence-corrected chi connectivity index (χ3v) is 7.36. The van der Waals surface area contributed by atoms with E-state index in [1.807, 2.05) is 23.1 Å². The van der Waals surface area contributed by atoms with E-state index in [2.05, 4.69) is 28.5 Å². The lowest BCUT2D eigenvalue weighted by Crippen LogP contribution is -2.36. The lowest BCUT2D eigenvalue weighted by Gasteiger charge is -2.22. The van der Waals surface area contributed by atoms with Crippen LogP contribution in [0.15, 0.2) is 28.6 Å². The van der Waals surface area contributed by atoms with Gasteiger partial charge in [-0.2, -0.15) is 0 Å². The number of para-hydroxylation sites is 1. The van der Waals surface area contributed by atoms with E-state index in [1.54, 1.807) is 0 Å². The van der Waals surface area contributed by atoms with Crippen molar-refractivity contribution in [1.29, 1.82) is 0 Å². The van der Waals surface area contributed by atoms with Gasteiger partial charge in [0.2, 0.25) is 16.9 Å². The van der Waals surface area contributed by atoms with E-state index >= 15 is 0 Å². The molecule has 0 saturated heterocycles. The van der Waals surface area contributed by atoms with E-state index in [4.69, 9.17) is 0 Å². The second-order valence-electron chi connectivity index (χ2n) is 7.43. The van der Waals surface area contributed by atoms with E-state index in [9.17, 15) is 9.59 Å². The van der Waals surface area contributed by atoms with Crippen LogP contribution in [0.2, 0.25) is 0 Å². The summed E-state index contributed by atoms with van der Waals surface area (Å²) in [6.45, 7) is 2.08. The standard InChI is InChI=1S/C20H24N4O2S2/c1-13-11-15-9-5-6-10-16(15)24(13)17(25)12-27-20-23-22-19(28-20)21-18(26)14-7-3-2-4-8-14/h5-6,9-10,13-14H,2-4,7-8,11-12H2,1H3,(H,21,22,26)/t13-/m1/s1. The van der Waals surface area contributed by atoms with Crippen molar-refractivity contribution in [1.82, 2.24) is 10.2 Å². The van der Waals surface area contributed by atoms with Crippen molar-refractivity contribution >= 4 is 45.7 Å². The van der Waals surface area contributed by atoms with E-state index in [0.717, 1.165) is 37.8 Å². The first kappa shape index (κ1) is 19.4. The van der Waals surface area contributed by atoms with Crippen molar-refractivity contribution in [3.8, 4) is 0 Å². The summed E-state index contributed by atoms with van der Waals surface area (Å²) < 4.78 is 0.701. The lowest BCUT2D eigenvalue weighted by molar-refractivity contribution is -0.120. The highest BCUT2D eigenvalue weighted by Gasteiger charge is 2.30. The van der Waals surface area contributed by atoms with Gasteiger partial charge in [0.15, 0.2) is 4.34 Å². The number of carbonyl (C=O) groups is 2. The Morgan fingerprint density at radius 1 is 1.21 bits per heavy atom. The van der Waals surface area contributed by atoms with Gasteiger partial charge in [-0.25, -0.2) is 0 Å². The molecular formula is C20H24N4O2S2. The average Bonchev–Trinajstić information content (AvgIpc) is 3.29. The Balaban J connectivity index is 1.32. The Bertz CT molecular complexity index is 863. The summed E-state index contributed by atoms with van der Waals surface area (Å²) in [6, 6.07) is 8.24. The molecule has 28 heavy (non-hydrogen) atoms. The first-order chi connectivity index (χ1) is 13.6. The zero-order valence-corrected chi connectivity index (χ0v) is 17.5. The molecule has 1 fully saturated rings. The quantitative estimate of drug-likeness (QED) is 0.586. The molecule has 148 valence electrons. The second-order valence-corrected chi connectivity index (χ2v) is 9.63. The van der Waals surface area contributed by atoms with Gasteiger partial charge in [-0.3, -0.25) is 9.59 Å². The largest absolute Gasteiger partial charge is 0.308 e. The molecule has 0 unspecified atom stereocenters. The molecule has 8 heteroatoms. The molecule has 0 spiro atoms. The number of thioether (sulfide) groups is 1. The predicted octanol–water partition coefficient (Wildman–Crippen LogP) is 4.13. The summed E-state index contributed by atoms with van der Waals surface area (Å²) in [6.07, 6.45) is 6.26. The van der Waals surface area contributed by atoms with Crippen molar-refractivity contribution in [3.63, 3.8) is 0 Å². The number of anilines is 2. The number of hydrogen-bond donors (Lipinski definition) is 1. The van der Waals surface area contributed by atoms with Crippen LogP contribution in [0.3, 0.4) is 0 Å². The van der Waals surface area contributed by atoms with Crippen molar-refractivity contribution in [2.24, 2.45) is 5.92 Å². The minimum atomic E-state index is 0.0472. The summed E-state index contributed by atoms with van der Waals surface area (Å²) in [7, 11) is 0. The molecule has 4 rings (SSSR count). The molecule has 1 aromatic carbocycles. The maximum absolute atomic E-state index is 12.8.